The van der Waals surface area contributed by atoms with Gasteiger partial charge in [-0.2, -0.15) is 0 Å². The van der Waals surface area contributed by atoms with Gasteiger partial charge in [-0.1, -0.05) is 20.8 Å². The second-order valence-corrected chi connectivity index (χ2v) is 7.76. The van der Waals surface area contributed by atoms with Crippen molar-refractivity contribution in [2.75, 3.05) is 12.4 Å². The number of aliphatic carboxylic acids is 1. The van der Waals surface area contributed by atoms with Crippen LogP contribution in [-0.2, 0) is 11.2 Å². The summed E-state index contributed by atoms with van der Waals surface area (Å²) in [5.74, 6) is -0.178. The SMILES string of the molecule is COc1cc(N[C@H]2C[C@@H](C)CC(C)(C)C2)c([N+](=O)[O-])cc1CC(=O)O. The number of hydrogen-bond acceptors (Lipinski definition) is 5. The fourth-order valence-corrected chi connectivity index (χ4v) is 4.05. The third kappa shape index (κ3) is 4.84. The molecule has 2 atom stereocenters. The largest absolute Gasteiger partial charge is 0.496 e. The van der Waals surface area contributed by atoms with E-state index in [-0.39, 0.29) is 23.6 Å². The van der Waals surface area contributed by atoms with E-state index in [0.717, 1.165) is 19.3 Å². The van der Waals surface area contributed by atoms with Crippen LogP contribution in [0.2, 0.25) is 0 Å². The van der Waals surface area contributed by atoms with Gasteiger partial charge in [0.2, 0.25) is 0 Å². The van der Waals surface area contributed by atoms with Crippen molar-refractivity contribution in [3.63, 3.8) is 0 Å². The summed E-state index contributed by atoms with van der Waals surface area (Å²) in [6.45, 7) is 6.62. The van der Waals surface area contributed by atoms with Crippen LogP contribution in [0.1, 0.15) is 45.6 Å². The van der Waals surface area contributed by atoms with Crippen molar-refractivity contribution in [2.45, 2.75) is 52.5 Å². The predicted molar refractivity (Wildman–Crippen MR) is 95.2 cm³/mol. The highest BCUT2D eigenvalue weighted by Gasteiger charge is 2.33. The van der Waals surface area contributed by atoms with Crippen LogP contribution in [0.15, 0.2) is 12.1 Å². The number of hydrogen-bond donors (Lipinski definition) is 2. The lowest BCUT2D eigenvalue weighted by atomic mass is 9.70. The third-order valence-corrected chi connectivity index (χ3v) is 4.68. The zero-order valence-electron chi connectivity index (χ0n) is 15.2. The van der Waals surface area contributed by atoms with Crippen LogP contribution in [-0.4, -0.2) is 29.2 Å². The second-order valence-electron chi connectivity index (χ2n) is 7.76. The van der Waals surface area contributed by atoms with Gasteiger partial charge in [0, 0.05) is 23.7 Å². The van der Waals surface area contributed by atoms with Crippen molar-refractivity contribution in [3.8, 4) is 5.75 Å². The van der Waals surface area contributed by atoms with E-state index < -0.39 is 10.9 Å². The van der Waals surface area contributed by atoms with Crippen molar-refractivity contribution in [1.29, 1.82) is 0 Å². The van der Waals surface area contributed by atoms with Crippen LogP contribution in [0.4, 0.5) is 11.4 Å². The Morgan fingerprint density at radius 1 is 1.44 bits per heavy atom. The average molecular weight is 350 g/mol. The Kier molecular flexibility index (Phi) is 5.55. The fraction of sp³-hybridized carbons (Fsp3) is 0.611. The van der Waals surface area contributed by atoms with Crippen LogP contribution >= 0.6 is 0 Å². The number of nitro benzene ring substituents is 1. The zero-order valence-corrected chi connectivity index (χ0v) is 15.2. The number of nitrogens with zero attached hydrogens (tertiary/aromatic N) is 1. The molecule has 0 amide bonds. The van der Waals surface area contributed by atoms with E-state index in [1.165, 1.54) is 13.2 Å². The summed E-state index contributed by atoms with van der Waals surface area (Å²) in [4.78, 5) is 22.0. The molecule has 1 saturated carbocycles. The summed E-state index contributed by atoms with van der Waals surface area (Å²) in [6.07, 6.45) is 2.68. The number of carbonyl (C=O) groups is 1. The Balaban J connectivity index is 2.35. The van der Waals surface area contributed by atoms with Gasteiger partial charge in [0.15, 0.2) is 0 Å². The lowest BCUT2D eigenvalue weighted by molar-refractivity contribution is -0.384. The Bertz CT molecular complexity index is 672. The molecule has 25 heavy (non-hydrogen) atoms. The molecule has 7 heteroatoms. The summed E-state index contributed by atoms with van der Waals surface area (Å²) in [7, 11) is 1.43. The van der Waals surface area contributed by atoms with Crippen molar-refractivity contribution in [3.05, 3.63) is 27.8 Å². The quantitative estimate of drug-likeness (QED) is 0.597. The fourth-order valence-electron chi connectivity index (χ4n) is 4.05. The molecule has 2 N–H and O–H groups in total. The van der Waals surface area contributed by atoms with Gasteiger partial charge in [0.25, 0.3) is 5.69 Å². The molecule has 138 valence electrons. The Morgan fingerprint density at radius 3 is 2.64 bits per heavy atom. The molecule has 1 aliphatic rings. The molecule has 0 spiro atoms. The minimum absolute atomic E-state index is 0.118. The zero-order chi connectivity index (χ0) is 18.8. The molecule has 1 aliphatic carbocycles. The van der Waals surface area contributed by atoms with E-state index in [0.29, 0.717) is 22.9 Å². The second kappa shape index (κ2) is 7.29. The molecule has 0 unspecified atom stereocenters. The summed E-state index contributed by atoms with van der Waals surface area (Å²) in [5.41, 5.74) is 0.737. The maximum atomic E-state index is 11.5. The summed E-state index contributed by atoms with van der Waals surface area (Å²) in [5, 5.41) is 23.8. The number of nitrogens with one attached hydrogen (secondary N) is 1. The first kappa shape index (κ1) is 19.0. The topological polar surface area (TPSA) is 102 Å². The smallest absolute Gasteiger partial charge is 0.307 e. The van der Waals surface area contributed by atoms with E-state index in [1.54, 1.807) is 6.07 Å². The molecule has 0 radical (unpaired) electrons. The minimum atomic E-state index is -1.06. The summed E-state index contributed by atoms with van der Waals surface area (Å²) in [6, 6.07) is 2.97. The number of carboxylic acid groups (broad SMARTS) is 1. The standard InChI is InChI=1S/C18H26N2O5/c1-11-5-13(10-18(2,3)9-11)19-14-8-16(25-4)12(7-17(21)22)6-15(14)20(23)24/h6,8,11,13,19H,5,7,9-10H2,1-4H3,(H,21,22)/t11-,13+/m1/s1. The van der Waals surface area contributed by atoms with Crippen molar-refractivity contribution < 1.29 is 19.6 Å². The number of anilines is 1. The molecular formula is C18H26N2O5. The van der Waals surface area contributed by atoms with Gasteiger partial charge in [-0.15, -0.1) is 0 Å². The summed E-state index contributed by atoms with van der Waals surface area (Å²) >= 11 is 0. The highest BCUT2D eigenvalue weighted by Crippen LogP contribution is 2.41. The molecule has 0 bridgehead atoms. The lowest BCUT2D eigenvalue weighted by Gasteiger charge is -2.39. The van der Waals surface area contributed by atoms with Gasteiger partial charge in [-0.05, 0) is 30.6 Å². The van der Waals surface area contributed by atoms with Gasteiger partial charge in [0.1, 0.15) is 11.4 Å². The summed E-state index contributed by atoms with van der Waals surface area (Å²) < 4.78 is 5.25. The number of ether oxygens (including phenoxy) is 1. The van der Waals surface area contributed by atoms with E-state index in [4.69, 9.17) is 9.84 Å². The molecule has 1 aromatic carbocycles. The van der Waals surface area contributed by atoms with E-state index in [9.17, 15) is 14.9 Å². The maximum absolute atomic E-state index is 11.5. The van der Waals surface area contributed by atoms with Crippen LogP contribution in [0.25, 0.3) is 0 Å². The van der Waals surface area contributed by atoms with E-state index >= 15 is 0 Å². The first-order valence-corrected chi connectivity index (χ1v) is 8.45. The van der Waals surface area contributed by atoms with Crippen molar-refractivity contribution >= 4 is 17.3 Å². The highest BCUT2D eigenvalue weighted by molar-refractivity contribution is 5.75. The van der Waals surface area contributed by atoms with Crippen molar-refractivity contribution in [2.24, 2.45) is 11.3 Å². The molecule has 0 aromatic heterocycles. The third-order valence-electron chi connectivity index (χ3n) is 4.68. The van der Waals surface area contributed by atoms with Gasteiger partial charge in [-0.25, -0.2) is 0 Å². The van der Waals surface area contributed by atoms with Gasteiger partial charge < -0.3 is 15.2 Å². The monoisotopic (exact) mass is 350 g/mol. The number of benzene rings is 1. The Labute approximate surface area is 147 Å². The minimum Gasteiger partial charge on any atom is -0.496 e. The molecule has 1 fully saturated rings. The molecule has 0 aliphatic heterocycles. The Hall–Kier alpha value is -2.31. The van der Waals surface area contributed by atoms with Crippen LogP contribution < -0.4 is 10.1 Å². The van der Waals surface area contributed by atoms with Crippen LogP contribution in [0, 0.1) is 21.4 Å². The predicted octanol–water partition coefficient (Wildman–Crippen LogP) is 3.86. The molecule has 0 heterocycles. The van der Waals surface area contributed by atoms with Crippen LogP contribution in [0.3, 0.4) is 0 Å². The average Bonchev–Trinajstić information content (AvgIpc) is 2.45. The van der Waals surface area contributed by atoms with Gasteiger partial charge in [-0.3, -0.25) is 14.9 Å². The van der Waals surface area contributed by atoms with Gasteiger partial charge in [0.05, 0.1) is 18.5 Å². The normalized spacial score (nSPS) is 22.2. The first-order valence-electron chi connectivity index (χ1n) is 8.45. The molecule has 7 nitrogen and oxygen atoms in total. The Morgan fingerprint density at radius 2 is 2.12 bits per heavy atom. The van der Waals surface area contributed by atoms with E-state index in [1.807, 2.05) is 0 Å². The van der Waals surface area contributed by atoms with E-state index in [2.05, 4.69) is 26.1 Å². The first-order chi connectivity index (χ1) is 11.6. The lowest BCUT2D eigenvalue weighted by Crippen LogP contribution is -2.35. The molecule has 1 aromatic rings. The highest BCUT2D eigenvalue weighted by atomic mass is 16.6. The number of methoxy groups -OCH3 is 1. The molecular weight excluding hydrogens is 324 g/mol. The van der Waals surface area contributed by atoms with Gasteiger partial charge >= 0.3 is 5.97 Å². The number of nitro groups is 1. The maximum Gasteiger partial charge on any atom is 0.307 e. The van der Waals surface area contributed by atoms with Crippen molar-refractivity contribution in [1.82, 2.24) is 0 Å². The number of rotatable bonds is 6. The molecule has 2 rings (SSSR count). The number of carboxylic acids is 1. The molecule has 0 saturated heterocycles. The van der Waals surface area contributed by atoms with Crippen LogP contribution in [0.5, 0.6) is 5.75 Å².